The summed E-state index contributed by atoms with van der Waals surface area (Å²) >= 11 is 1.46. The highest BCUT2D eigenvalue weighted by Crippen LogP contribution is 2.23. The summed E-state index contributed by atoms with van der Waals surface area (Å²) in [5, 5.41) is 13.7. The Bertz CT molecular complexity index is 671. The van der Waals surface area contributed by atoms with Crippen molar-refractivity contribution in [3.63, 3.8) is 0 Å². The van der Waals surface area contributed by atoms with E-state index < -0.39 is 23.7 Å². The van der Waals surface area contributed by atoms with Crippen LogP contribution in [0.1, 0.15) is 25.6 Å². The highest BCUT2D eigenvalue weighted by molar-refractivity contribution is 7.10. The van der Waals surface area contributed by atoms with Gasteiger partial charge in [-0.3, -0.25) is 0 Å². The van der Waals surface area contributed by atoms with Crippen molar-refractivity contribution in [2.75, 3.05) is 0 Å². The molecule has 0 saturated carbocycles. The van der Waals surface area contributed by atoms with E-state index in [1.165, 1.54) is 11.3 Å². The summed E-state index contributed by atoms with van der Waals surface area (Å²) in [7, 11) is 0. The zero-order valence-electron chi connectivity index (χ0n) is 13.3. The van der Waals surface area contributed by atoms with E-state index in [-0.39, 0.29) is 6.42 Å². The molecule has 23 heavy (non-hydrogen) atoms. The van der Waals surface area contributed by atoms with E-state index in [2.05, 4.69) is 5.32 Å². The van der Waals surface area contributed by atoms with Crippen molar-refractivity contribution in [3.05, 3.63) is 40.8 Å². The maximum Gasteiger partial charge on any atom is 0.408 e. The molecule has 0 bridgehead atoms. The van der Waals surface area contributed by atoms with Gasteiger partial charge in [-0.15, -0.1) is 11.3 Å². The Morgan fingerprint density at radius 3 is 2.57 bits per heavy atom. The fourth-order valence-electron chi connectivity index (χ4n) is 2.05. The van der Waals surface area contributed by atoms with Gasteiger partial charge in [0.15, 0.2) is 0 Å². The van der Waals surface area contributed by atoms with Crippen LogP contribution in [-0.2, 0) is 16.0 Å². The molecule has 2 rings (SSSR count). The standard InChI is InChI=1S/C16H20N2O4S/c1-16(2,3)22-15(21)17-11(14(19)20)10-13-12(6-9-23-13)18-7-4-5-8-18/h4-9,11H,10H2,1-3H3,(H,17,21)(H,19,20). The molecule has 0 radical (unpaired) electrons. The molecule has 2 aromatic rings. The largest absolute Gasteiger partial charge is 0.480 e. The van der Waals surface area contributed by atoms with Crippen molar-refractivity contribution >= 4 is 23.4 Å². The zero-order valence-corrected chi connectivity index (χ0v) is 14.1. The number of rotatable bonds is 5. The number of hydrogen-bond acceptors (Lipinski definition) is 4. The molecule has 1 amide bonds. The first kappa shape index (κ1) is 17.1. The first-order valence-electron chi connectivity index (χ1n) is 7.18. The highest BCUT2D eigenvalue weighted by atomic mass is 32.1. The molecule has 0 aromatic carbocycles. The summed E-state index contributed by atoms with van der Waals surface area (Å²) < 4.78 is 7.04. The first-order valence-corrected chi connectivity index (χ1v) is 8.06. The minimum Gasteiger partial charge on any atom is -0.480 e. The molecule has 0 aliphatic carbocycles. The van der Waals surface area contributed by atoms with Crippen LogP contribution in [0.2, 0.25) is 0 Å². The lowest BCUT2D eigenvalue weighted by Crippen LogP contribution is -2.44. The van der Waals surface area contributed by atoms with Gasteiger partial charge in [0.1, 0.15) is 11.6 Å². The van der Waals surface area contributed by atoms with Gasteiger partial charge in [-0.2, -0.15) is 0 Å². The van der Waals surface area contributed by atoms with Crippen LogP contribution in [0.15, 0.2) is 36.0 Å². The fraction of sp³-hybridized carbons (Fsp3) is 0.375. The Labute approximate surface area is 138 Å². The number of nitrogens with one attached hydrogen (secondary N) is 1. The summed E-state index contributed by atoms with van der Waals surface area (Å²) in [4.78, 5) is 24.1. The number of aromatic nitrogens is 1. The van der Waals surface area contributed by atoms with Crippen molar-refractivity contribution in [2.45, 2.75) is 38.8 Å². The van der Waals surface area contributed by atoms with Gasteiger partial charge < -0.3 is 19.7 Å². The van der Waals surface area contributed by atoms with Crippen molar-refractivity contribution in [1.29, 1.82) is 0 Å². The number of carbonyl (C=O) groups excluding carboxylic acids is 1. The quantitative estimate of drug-likeness (QED) is 0.879. The predicted molar refractivity (Wildman–Crippen MR) is 88.1 cm³/mol. The number of ether oxygens (including phenoxy) is 1. The summed E-state index contributed by atoms with van der Waals surface area (Å²) in [6.07, 6.45) is 3.24. The number of nitrogens with zero attached hydrogens (tertiary/aromatic N) is 1. The Morgan fingerprint density at radius 2 is 2.00 bits per heavy atom. The number of carboxylic acid groups (broad SMARTS) is 1. The van der Waals surface area contributed by atoms with E-state index in [0.29, 0.717) is 0 Å². The van der Waals surface area contributed by atoms with E-state index in [9.17, 15) is 14.7 Å². The van der Waals surface area contributed by atoms with E-state index in [1.807, 2.05) is 40.5 Å². The molecule has 0 saturated heterocycles. The third kappa shape index (κ3) is 4.85. The van der Waals surface area contributed by atoms with Gasteiger partial charge in [-0.05, 0) is 44.4 Å². The Hall–Kier alpha value is -2.28. The van der Waals surface area contributed by atoms with Gasteiger partial charge >= 0.3 is 12.1 Å². The van der Waals surface area contributed by atoms with Crippen molar-refractivity contribution in [1.82, 2.24) is 9.88 Å². The van der Waals surface area contributed by atoms with Gasteiger partial charge in [0.25, 0.3) is 0 Å². The van der Waals surface area contributed by atoms with Gasteiger partial charge in [0, 0.05) is 23.7 Å². The zero-order chi connectivity index (χ0) is 17.0. The van der Waals surface area contributed by atoms with Crippen LogP contribution in [0.4, 0.5) is 4.79 Å². The molecule has 2 heterocycles. The van der Waals surface area contributed by atoms with Gasteiger partial charge in [0.05, 0.1) is 5.69 Å². The van der Waals surface area contributed by atoms with E-state index in [0.717, 1.165) is 10.6 Å². The van der Waals surface area contributed by atoms with Crippen molar-refractivity contribution in [3.8, 4) is 5.69 Å². The monoisotopic (exact) mass is 336 g/mol. The number of carbonyl (C=O) groups is 2. The van der Waals surface area contributed by atoms with Crippen LogP contribution in [0, 0.1) is 0 Å². The smallest absolute Gasteiger partial charge is 0.408 e. The third-order valence-corrected chi connectivity index (χ3v) is 3.92. The Morgan fingerprint density at radius 1 is 1.35 bits per heavy atom. The number of amides is 1. The molecule has 2 aromatic heterocycles. The van der Waals surface area contributed by atoms with Crippen LogP contribution in [0.3, 0.4) is 0 Å². The summed E-state index contributed by atoms with van der Waals surface area (Å²) in [5.41, 5.74) is 0.240. The lowest BCUT2D eigenvalue weighted by molar-refractivity contribution is -0.139. The SMILES string of the molecule is CC(C)(C)OC(=O)NC(Cc1sccc1-n1cccc1)C(=O)O. The second kappa shape index (κ2) is 6.87. The maximum atomic E-state index is 11.8. The maximum absolute atomic E-state index is 11.8. The van der Waals surface area contributed by atoms with Crippen LogP contribution in [0.5, 0.6) is 0 Å². The van der Waals surface area contributed by atoms with Crippen LogP contribution < -0.4 is 5.32 Å². The van der Waals surface area contributed by atoms with Gasteiger partial charge in [-0.1, -0.05) is 0 Å². The highest BCUT2D eigenvalue weighted by Gasteiger charge is 2.25. The summed E-state index contributed by atoms with van der Waals surface area (Å²) in [5.74, 6) is -1.09. The molecule has 2 N–H and O–H groups in total. The number of carboxylic acids is 1. The molecule has 1 unspecified atom stereocenters. The molecule has 6 nitrogen and oxygen atoms in total. The molecule has 124 valence electrons. The van der Waals surface area contributed by atoms with Crippen LogP contribution in [-0.4, -0.2) is 33.4 Å². The molecule has 0 aliphatic heterocycles. The van der Waals surface area contributed by atoms with E-state index in [4.69, 9.17) is 4.74 Å². The number of alkyl carbamates (subject to hydrolysis) is 1. The molecular formula is C16H20N2O4S. The Balaban J connectivity index is 2.11. The third-order valence-electron chi connectivity index (χ3n) is 2.98. The Kier molecular flexibility index (Phi) is 5.10. The summed E-state index contributed by atoms with van der Waals surface area (Å²) in [6, 6.07) is 4.68. The first-order chi connectivity index (χ1) is 10.8. The average Bonchev–Trinajstić information content (AvgIpc) is 3.05. The molecular weight excluding hydrogens is 316 g/mol. The molecule has 7 heteroatoms. The second-order valence-corrected chi connectivity index (χ2v) is 7.06. The van der Waals surface area contributed by atoms with E-state index in [1.54, 1.807) is 20.8 Å². The molecule has 0 spiro atoms. The minimum atomic E-state index is -1.09. The lowest BCUT2D eigenvalue weighted by atomic mass is 10.1. The molecule has 1 atom stereocenters. The normalized spacial score (nSPS) is 12.7. The summed E-state index contributed by atoms with van der Waals surface area (Å²) in [6.45, 7) is 5.18. The predicted octanol–water partition coefficient (Wildman–Crippen LogP) is 3.06. The lowest BCUT2D eigenvalue weighted by Gasteiger charge is -2.22. The van der Waals surface area contributed by atoms with Gasteiger partial charge in [-0.25, -0.2) is 9.59 Å². The van der Waals surface area contributed by atoms with Crippen LogP contribution in [0.25, 0.3) is 5.69 Å². The molecule has 0 aliphatic rings. The van der Waals surface area contributed by atoms with Crippen molar-refractivity contribution in [2.24, 2.45) is 0 Å². The number of thiophene rings is 1. The number of aliphatic carboxylic acids is 1. The van der Waals surface area contributed by atoms with Crippen LogP contribution >= 0.6 is 11.3 Å². The molecule has 0 fully saturated rings. The fourth-order valence-corrected chi connectivity index (χ4v) is 2.97. The minimum absolute atomic E-state index is 0.194. The second-order valence-electron chi connectivity index (χ2n) is 6.06. The number of hydrogen-bond donors (Lipinski definition) is 2. The van der Waals surface area contributed by atoms with E-state index >= 15 is 0 Å². The van der Waals surface area contributed by atoms with Crippen molar-refractivity contribution < 1.29 is 19.4 Å². The average molecular weight is 336 g/mol. The topological polar surface area (TPSA) is 80.6 Å². The van der Waals surface area contributed by atoms with Gasteiger partial charge in [0.2, 0.25) is 0 Å².